The van der Waals surface area contributed by atoms with Crippen molar-refractivity contribution >= 4 is 40.8 Å². The monoisotopic (exact) mass is 520 g/mol. The molecule has 1 amide bonds. The van der Waals surface area contributed by atoms with Crippen LogP contribution in [0, 0.1) is 0 Å². The fourth-order valence-electron chi connectivity index (χ4n) is 5.19. The molecule has 0 unspecified atom stereocenters. The normalized spacial score (nSPS) is 15.7. The SMILES string of the molecule is [B]C([B])([B])N(C(=O)c1nn(-c2ccsc2)c2c1COc1cc(OC)c(-c3ccn(C)c3)cc1-2)C1(C)COC1. The average Bonchev–Trinajstić information content (AvgIpc) is 3.60. The van der Waals surface area contributed by atoms with Gasteiger partial charge in [0.05, 0.1) is 60.8 Å². The Labute approximate surface area is 228 Å². The first-order chi connectivity index (χ1) is 18.1. The first-order valence-electron chi connectivity index (χ1n) is 12.0. The van der Waals surface area contributed by atoms with E-state index < -0.39 is 16.7 Å². The molecule has 3 aromatic heterocycles. The molecule has 6 radical (unpaired) electrons. The van der Waals surface area contributed by atoms with E-state index in [1.807, 2.05) is 66.0 Å². The molecule has 0 saturated carbocycles. The molecular weight excluding hydrogens is 497 g/mol. The van der Waals surface area contributed by atoms with E-state index >= 15 is 0 Å². The molecule has 1 saturated heterocycles. The van der Waals surface area contributed by atoms with Crippen LogP contribution in [0.4, 0.5) is 0 Å². The second-order valence-electron chi connectivity index (χ2n) is 9.99. The highest BCUT2D eigenvalue weighted by atomic mass is 32.1. The molecular formula is C26H23B3N4O4S. The van der Waals surface area contributed by atoms with Crippen LogP contribution in [0.5, 0.6) is 11.5 Å². The van der Waals surface area contributed by atoms with Gasteiger partial charge in [0.15, 0.2) is 5.69 Å². The molecule has 1 fully saturated rings. The first-order valence-corrected chi connectivity index (χ1v) is 13.0. The van der Waals surface area contributed by atoms with Gasteiger partial charge in [-0.1, -0.05) is 5.24 Å². The number of nitrogens with zero attached hydrogens (tertiary/aromatic N) is 4. The number of ether oxygens (including phenoxy) is 3. The van der Waals surface area contributed by atoms with Crippen LogP contribution in [0.3, 0.4) is 0 Å². The van der Waals surface area contributed by atoms with Crippen LogP contribution < -0.4 is 9.47 Å². The molecule has 0 atom stereocenters. The third-order valence-corrected chi connectivity index (χ3v) is 7.64. The van der Waals surface area contributed by atoms with Gasteiger partial charge >= 0.3 is 0 Å². The van der Waals surface area contributed by atoms with Crippen LogP contribution in [-0.4, -0.2) is 79.8 Å². The van der Waals surface area contributed by atoms with E-state index in [0.717, 1.165) is 28.1 Å². The molecule has 6 rings (SSSR count). The zero-order valence-electron chi connectivity index (χ0n) is 21.3. The fourth-order valence-corrected chi connectivity index (χ4v) is 5.81. The molecule has 4 aromatic rings. The highest BCUT2D eigenvalue weighted by Gasteiger charge is 2.48. The number of benzene rings is 1. The van der Waals surface area contributed by atoms with Crippen LogP contribution in [0.1, 0.15) is 23.0 Å². The van der Waals surface area contributed by atoms with Gasteiger partial charge in [-0.2, -0.15) is 16.4 Å². The topological polar surface area (TPSA) is 70.8 Å². The maximum absolute atomic E-state index is 14.1. The van der Waals surface area contributed by atoms with Crippen molar-refractivity contribution in [2.24, 2.45) is 7.05 Å². The predicted octanol–water partition coefficient (Wildman–Crippen LogP) is 2.86. The van der Waals surface area contributed by atoms with E-state index in [-0.39, 0.29) is 25.5 Å². The van der Waals surface area contributed by atoms with Crippen LogP contribution >= 0.6 is 11.3 Å². The van der Waals surface area contributed by atoms with Crippen molar-refractivity contribution in [1.82, 2.24) is 19.2 Å². The van der Waals surface area contributed by atoms with E-state index in [0.29, 0.717) is 17.1 Å². The number of amides is 1. The first kappa shape index (κ1) is 24.9. The number of carbonyl (C=O) groups is 1. The maximum atomic E-state index is 14.1. The van der Waals surface area contributed by atoms with Gasteiger partial charge in [-0.3, -0.25) is 4.79 Å². The van der Waals surface area contributed by atoms with Crippen LogP contribution in [0.25, 0.3) is 28.1 Å². The number of aromatic nitrogens is 3. The number of thiophene rings is 1. The molecule has 186 valence electrons. The van der Waals surface area contributed by atoms with Crippen LogP contribution in [0.2, 0.25) is 0 Å². The zero-order chi connectivity index (χ0) is 26.8. The molecule has 0 aliphatic carbocycles. The minimum Gasteiger partial charge on any atom is -0.496 e. The van der Waals surface area contributed by atoms with Gasteiger partial charge in [0.25, 0.3) is 5.91 Å². The van der Waals surface area contributed by atoms with E-state index in [9.17, 15) is 4.79 Å². The molecule has 38 heavy (non-hydrogen) atoms. The second-order valence-corrected chi connectivity index (χ2v) is 10.8. The predicted molar refractivity (Wildman–Crippen MR) is 148 cm³/mol. The van der Waals surface area contributed by atoms with Gasteiger partial charge in [-0.05, 0) is 30.5 Å². The Balaban J connectivity index is 1.57. The summed E-state index contributed by atoms with van der Waals surface area (Å²) < 4.78 is 21.0. The summed E-state index contributed by atoms with van der Waals surface area (Å²) in [4.78, 5) is 15.3. The van der Waals surface area contributed by atoms with Crippen molar-refractivity contribution in [3.8, 4) is 39.6 Å². The summed E-state index contributed by atoms with van der Waals surface area (Å²) >= 11 is 1.53. The van der Waals surface area contributed by atoms with Crippen molar-refractivity contribution < 1.29 is 19.0 Å². The maximum Gasteiger partial charge on any atom is 0.273 e. The van der Waals surface area contributed by atoms with E-state index in [4.69, 9.17) is 42.8 Å². The minimum absolute atomic E-state index is 0.120. The lowest BCUT2D eigenvalue weighted by atomic mass is 9.47. The summed E-state index contributed by atoms with van der Waals surface area (Å²) in [5.41, 5.74) is 4.26. The summed E-state index contributed by atoms with van der Waals surface area (Å²) in [7, 11) is 21.9. The van der Waals surface area contributed by atoms with E-state index in [1.165, 1.54) is 16.2 Å². The number of hydrogen-bond acceptors (Lipinski definition) is 6. The minimum atomic E-state index is -1.92. The smallest absolute Gasteiger partial charge is 0.273 e. The van der Waals surface area contributed by atoms with Gasteiger partial charge in [0, 0.05) is 53.1 Å². The molecule has 0 spiro atoms. The number of fused-ring (bicyclic) bond motifs is 3. The molecule has 0 N–H and O–H groups in total. The summed E-state index contributed by atoms with van der Waals surface area (Å²) in [5.74, 6) is 0.823. The molecule has 8 nitrogen and oxygen atoms in total. The highest BCUT2D eigenvalue weighted by Crippen LogP contribution is 2.46. The largest absolute Gasteiger partial charge is 0.496 e. The lowest BCUT2D eigenvalue weighted by Gasteiger charge is -2.54. The van der Waals surface area contributed by atoms with Crippen molar-refractivity contribution in [3.63, 3.8) is 0 Å². The Kier molecular flexibility index (Phi) is 5.81. The summed E-state index contributed by atoms with van der Waals surface area (Å²) in [6.07, 6.45) is 3.99. The molecule has 0 bridgehead atoms. The lowest BCUT2D eigenvalue weighted by Crippen LogP contribution is -2.70. The number of methoxy groups -OCH3 is 1. The quantitative estimate of drug-likeness (QED) is 0.366. The number of aryl methyl sites for hydroxylation is 1. The Morgan fingerprint density at radius 3 is 2.61 bits per heavy atom. The number of rotatable bonds is 6. The van der Waals surface area contributed by atoms with Crippen LogP contribution in [0.15, 0.2) is 47.4 Å². The van der Waals surface area contributed by atoms with Crippen molar-refractivity contribution in [2.45, 2.75) is 24.3 Å². The van der Waals surface area contributed by atoms with Crippen molar-refractivity contribution in [1.29, 1.82) is 0 Å². The Morgan fingerprint density at radius 1 is 1.24 bits per heavy atom. The lowest BCUT2D eigenvalue weighted by molar-refractivity contribution is -0.117. The van der Waals surface area contributed by atoms with Gasteiger partial charge in [0.2, 0.25) is 0 Å². The molecule has 5 heterocycles. The van der Waals surface area contributed by atoms with Gasteiger partial charge in [-0.15, -0.1) is 0 Å². The summed E-state index contributed by atoms with van der Waals surface area (Å²) in [6, 6.07) is 7.85. The van der Waals surface area contributed by atoms with Gasteiger partial charge in [-0.25, -0.2) is 4.68 Å². The Hall–Kier alpha value is -3.37. The number of carbonyl (C=O) groups excluding carboxylic acids is 1. The molecule has 2 aliphatic heterocycles. The van der Waals surface area contributed by atoms with Crippen LogP contribution in [-0.2, 0) is 18.4 Å². The Morgan fingerprint density at radius 2 is 2.03 bits per heavy atom. The third kappa shape index (κ3) is 3.89. The highest BCUT2D eigenvalue weighted by molar-refractivity contribution is 7.08. The van der Waals surface area contributed by atoms with Gasteiger partial charge in [0.1, 0.15) is 18.1 Å². The average molecular weight is 520 g/mol. The molecule has 12 heteroatoms. The standard InChI is InChI=1S/C26H23B3N4O4S/c1-25(13-36-14-25)33(26(27,28)29)24(34)22-19-11-37-21-9-20(35-3)17(15-4-6-31(2)10-15)8-18(21)23(19)32(30-22)16-5-7-38-12-16/h4-10,12H,11,13-14H2,1-3H3. The zero-order valence-corrected chi connectivity index (χ0v) is 22.1. The van der Waals surface area contributed by atoms with Gasteiger partial charge < -0.3 is 23.7 Å². The fraction of sp³-hybridized carbons (Fsp3) is 0.308. The van der Waals surface area contributed by atoms with Crippen molar-refractivity contribution in [2.75, 3.05) is 20.3 Å². The number of hydrogen-bond donors (Lipinski definition) is 0. The van der Waals surface area contributed by atoms with E-state index in [1.54, 1.807) is 11.8 Å². The van der Waals surface area contributed by atoms with Crippen molar-refractivity contribution in [3.05, 3.63) is 58.7 Å². The summed E-state index contributed by atoms with van der Waals surface area (Å²) in [5, 5.41) is 6.80. The summed E-state index contributed by atoms with van der Waals surface area (Å²) in [6.45, 7) is 2.48. The molecule has 1 aromatic carbocycles. The Bertz CT molecular complexity index is 1540. The second kappa shape index (κ2) is 8.85. The molecule has 2 aliphatic rings. The third-order valence-electron chi connectivity index (χ3n) is 6.96. The van der Waals surface area contributed by atoms with E-state index in [2.05, 4.69) is 0 Å².